The summed E-state index contributed by atoms with van der Waals surface area (Å²) >= 11 is 0. The van der Waals surface area contributed by atoms with Gasteiger partial charge in [-0.15, -0.1) is 0 Å². The van der Waals surface area contributed by atoms with E-state index in [1.165, 1.54) is 11.9 Å². The third-order valence-corrected chi connectivity index (χ3v) is 4.82. The molecule has 1 aromatic carbocycles. The molecular formula is C20H20N4O2. The number of carbonyl (C=O) groups is 1. The van der Waals surface area contributed by atoms with E-state index < -0.39 is 0 Å². The molecule has 0 radical (unpaired) electrons. The third-order valence-electron chi connectivity index (χ3n) is 4.82. The van der Waals surface area contributed by atoms with Crippen molar-refractivity contribution in [2.24, 2.45) is 0 Å². The Bertz CT molecular complexity index is 939. The highest BCUT2D eigenvalue weighted by Gasteiger charge is 2.29. The lowest BCUT2D eigenvalue weighted by Crippen LogP contribution is -2.33. The number of rotatable bonds is 4. The fourth-order valence-electron chi connectivity index (χ4n) is 3.45. The van der Waals surface area contributed by atoms with Crippen molar-refractivity contribution in [2.75, 3.05) is 19.7 Å². The fourth-order valence-corrected chi connectivity index (χ4v) is 3.45. The number of pyridine rings is 1. The zero-order chi connectivity index (χ0) is 17.9. The standard InChI is InChI=1S/C20H20N4O2/c1-14-5-4-9-21-19(14)15-8-10-24(11-15)18(25)12-26-20-16-6-2-3-7-17(16)22-13-23-20/h2-7,9,13,15H,8,10-12H2,1H3. The van der Waals surface area contributed by atoms with E-state index in [1.54, 1.807) is 0 Å². The number of aromatic nitrogens is 3. The Morgan fingerprint density at radius 1 is 1.19 bits per heavy atom. The first kappa shape index (κ1) is 16.4. The number of carbonyl (C=O) groups excluding carboxylic acids is 1. The van der Waals surface area contributed by atoms with Crippen LogP contribution in [0.3, 0.4) is 0 Å². The maximum absolute atomic E-state index is 12.6. The first-order valence-electron chi connectivity index (χ1n) is 8.74. The highest BCUT2D eigenvalue weighted by Crippen LogP contribution is 2.28. The third kappa shape index (κ3) is 3.22. The van der Waals surface area contributed by atoms with Gasteiger partial charge < -0.3 is 9.64 Å². The number of likely N-dealkylation sites (tertiary alicyclic amines) is 1. The lowest BCUT2D eigenvalue weighted by atomic mass is 10.0. The highest BCUT2D eigenvalue weighted by molar-refractivity contribution is 5.84. The average Bonchev–Trinajstić information content (AvgIpc) is 3.16. The average molecular weight is 348 g/mol. The number of fused-ring (bicyclic) bond motifs is 1. The van der Waals surface area contributed by atoms with Crippen molar-refractivity contribution >= 4 is 16.8 Å². The van der Waals surface area contributed by atoms with Gasteiger partial charge in [0.2, 0.25) is 5.88 Å². The van der Waals surface area contributed by atoms with Crippen molar-refractivity contribution in [3.8, 4) is 5.88 Å². The molecule has 0 saturated carbocycles. The van der Waals surface area contributed by atoms with Crippen LogP contribution in [0.25, 0.3) is 10.9 Å². The Morgan fingerprint density at radius 3 is 2.96 bits per heavy atom. The van der Waals surface area contributed by atoms with Crippen LogP contribution in [-0.4, -0.2) is 45.5 Å². The highest BCUT2D eigenvalue weighted by atomic mass is 16.5. The lowest BCUT2D eigenvalue weighted by molar-refractivity contribution is -0.132. The molecule has 2 aromatic heterocycles. The molecule has 3 heterocycles. The quantitative estimate of drug-likeness (QED) is 0.725. The molecule has 1 aliphatic heterocycles. The predicted molar refractivity (Wildman–Crippen MR) is 97.9 cm³/mol. The van der Waals surface area contributed by atoms with Crippen LogP contribution in [0, 0.1) is 6.92 Å². The number of hydrogen-bond donors (Lipinski definition) is 0. The van der Waals surface area contributed by atoms with E-state index in [9.17, 15) is 4.79 Å². The smallest absolute Gasteiger partial charge is 0.260 e. The summed E-state index contributed by atoms with van der Waals surface area (Å²) in [5.41, 5.74) is 3.07. The molecule has 4 rings (SSSR count). The Kier molecular flexibility index (Phi) is 4.48. The van der Waals surface area contributed by atoms with Crippen LogP contribution in [0.4, 0.5) is 0 Å². The number of aryl methyl sites for hydroxylation is 1. The molecule has 0 aliphatic carbocycles. The lowest BCUT2D eigenvalue weighted by Gasteiger charge is -2.17. The van der Waals surface area contributed by atoms with Crippen molar-refractivity contribution in [1.29, 1.82) is 0 Å². The molecule has 0 spiro atoms. The Morgan fingerprint density at radius 2 is 2.08 bits per heavy atom. The zero-order valence-corrected chi connectivity index (χ0v) is 14.6. The van der Waals surface area contributed by atoms with E-state index in [1.807, 2.05) is 41.4 Å². The van der Waals surface area contributed by atoms with Crippen molar-refractivity contribution in [2.45, 2.75) is 19.3 Å². The minimum Gasteiger partial charge on any atom is -0.467 e. The monoisotopic (exact) mass is 348 g/mol. The van der Waals surface area contributed by atoms with Crippen molar-refractivity contribution in [3.05, 3.63) is 60.2 Å². The van der Waals surface area contributed by atoms with Gasteiger partial charge in [0.15, 0.2) is 6.61 Å². The molecule has 132 valence electrons. The summed E-state index contributed by atoms with van der Waals surface area (Å²) in [5.74, 6) is 0.712. The summed E-state index contributed by atoms with van der Waals surface area (Å²) in [6, 6.07) is 11.6. The molecule has 6 nitrogen and oxygen atoms in total. The number of hydrogen-bond acceptors (Lipinski definition) is 5. The van der Waals surface area contributed by atoms with Crippen molar-refractivity contribution in [3.63, 3.8) is 0 Å². The summed E-state index contributed by atoms with van der Waals surface area (Å²) < 4.78 is 5.70. The molecule has 0 N–H and O–H groups in total. The van der Waals surface area contributed by atoms with E-state index in [4.69, 9.17) is 4.74 Å². The molecule has 1 amide bonds. The number of para-hydroxylation sites is 1. The first-order chi connectivity index (χ1) is 12.7. The van der Waals surface area contributed by atoms with Gasteiger partial charge in [0.1, 0.15) is 6.33 Å². The minimum atomic E-state index is -0.0243. The second-order valence-corrected chi connectivity index (χ2v) is 6.52. The molecular weight excluding hydrogens is 328 g/mol. The van der Waals surface area contributed by atoms with Crippen molar-refractivity contribution in [1.82, 2.24) is 19.9 Å². The number of ether oxygens (including phenoxy) is 1. The van der Waals surface area contributed by atoms with Gasteiger partial charge in [0.25, 0.3) is 5.91 Å². The van der Waals surface area contributed by atoms with E-state index in [-0.39, 0.29) is 12.5 Å². The van der Waals surface area contributed by atoms with Crippen LogP contribution >= 0.6 is 0 Å². The van der Waals surface area contributed by atoms with Gasteiger partial charge in [-0.25, -0.2) is 9.97 Å². The second kappa shape index (κ2) is 7.07. The SMILES string of the molecule is Cc1cccnc1C1CCN(C(=O)COc2ncnc3ccccc23)C1. The molecule has 6 heteroatoms. The minimum absolute atomic E-state index is 0.0189. The Balaban J connectivity index is 1.41. The maximum Gasteiger partial charge on any atom is 0.260 e. The van der Waals surface area contributed by atoms with Crippen LogP contribution in [0.15, 0.2) is 48.9 Å². The van der Waals surface area contributed by atoms with Gasteiger partial charge in [-0.05, 0) is 37.1 Å². The molecule has 1 atom stereocenters. The number of amides is 1. The summed E-state index contributed by atoms with van der Waals surface area (Å²) in [5, 5.41) is 0.811. The predicted octanol–water partition coefficient (Wildman–Crippen LogP) is 2.73. The number of benzene rings is 1. The summed E-state index contributed by atoms with van der Waals surface area (Å²) in [6.45, 7) is 3.46. The second-order valence-electron chi connectivity index (χ2n) is 6.52. The van der Waals surface area contributed by atoms with Gasteiger partial charge in [-0.2, -0.15) is 0 Å². The molecule has 1 fully saturated rings. The van der Waals surface area contributed by atoms with E-state index >= 15 is 0 Å². The van der Waals surface area contributed by atoms with E-state index in [0.29, 0.717) is 18.3 Å². The Labute approximate surface area is 151 Å². The largest absolute Gasteiger partial charge is 0.467 e. The number of nitrogens with zero attached hydrogens (tertiary/aromatic N) is 4. The van der Waals surface area contributed by atoms with Gasteiger partial charge >= 0.3 is 0 Å². The molecule has 3 aromatic rings. The summed E-state index contributed by atoms with van der Waals surface area (Å²) in [6.07, 6.45) is 4.20. The van der Waals surface area contributed by atoms with Gasteiger partial charge in [0.05, 0.1) is 10.9 Å². The van der Waals surface area contributed by atoms with E-state index in [2.05, 4.69) is 27.9 Å². The van der Waals surface area contributed by atoms with Crippen LogP contribution in [0.2, 0.25) is 0 Å². The zero-order valence-electron chi connectivity index (χ0n) is 14.6. The van der Waals surface area contributed by atoms with Gasteiger partial charge in [-0.1, -0.05) is 18.2 Å². The molecule has 0 bridgehead atoms. The Hall–Kier alpha value is -3.02. The summed E-state index contributed by atoms with van der Waals surface area (Å²) in [7, 11) is 0. The maximum atomic E-state index is 12.6. The fraction of sp³-hybridized carbons (Fsp3) is 0.300. The van der Waals surface area contributed by atoms with Crippen LogP contribution < -0.4 is 4.74 Å². The van der Waals surface area contributed by atoms with Gasteiger partial charge in [-0.3, -0.25) is 9.78 Å². The molecule has 1 aliphatic rings. The molecule has 1 unspecified atom stereocenters. The topological polar surface area (TPSA) is 68.2 Å². The van der Waals surface area contributed by atoms with Crippen LogP contribution in [-0.2, 0) is 4.79 Å². The van der Waals surface area contributed by atoms with Crippen molar-refractivity contribution < 1.29 is 9.53 Å². The molecule has 1 saturated heterocycles. The van der Waals surface area contributed by atoms with Gasteiger partial charge in [0, 0.05) is 30.9 Å². The normalized spacial score (nSPS) is 16.8. The van der Waals surface area contributed by atoms with Crippen LogP contribution in [0.5, 0.6) is 5.88 Å². The summed E-state index contributed by atoms with van der Waals surface area (Å²) in [4.78, 5) is 27.3. The van der Waals surface area contributed by atoms with E-state index in [0.717, 1.165) is 29.6 Å². The first-order valence-corrected chi connectivity index (χ1v) is 8.74. The molecule has 26 heavy (non-hydrogen) atoms. The van der Waals surface area contributed by atoms with Crippen LogP contribution in [0.1, 0.15) is 23.6 Å².